The standard InChI is InChI=1S/C18H14ClFN2O3/c19-12-5-7-14(8-6-12)24-11-18(23)21-10-13-9-17(25-22-13)15-3-1-2-4-16(15)20/h1-9H,10-11H2,(H,21,23). The minimum atomic E-state index is -0.398. The number of rotatable bonds is 6. The first-order valence-corrected chi connectivity index (χ1v) is 7.85. The molecule has 0 bridgehead atoms. The largest absolute Gasteiger partial charge is 0.484 e. The Labute approximate surface area is 148 Å². The van der Waals surface area contributed by atoms with E-state index in [0.29, 0.717) is 27.8 Å². The lowest BCUT2D eigenvalue weighted by Crippen LogP contribution is -2.28. The van der Waals surface area contributed by atoms with Crippen molar-refractivity contribution in [3.8, 4) is 17.1 Å². The Hall–Kier alpha value is -2.86. The van der Waals surface area contributed by atoms with E-state index in [2.05, 4.69) is 10.5 Å². The number of carbonyl (C=O) groups excluding carboxylic acids is 1. The third-order valence-corrected chi connectivity index (χ3v) is 3.60. The van der Waals surface area contributed by atoms with E-state index in [1.807, 2.05) is 0 Å². The van der Waals surface area contributed by atoms with Crippen LogP contribution in [0, 0.1) is 5.82 Å². The van der Waals surface area contributed by atoms with Gasteiger partial charge in [-0.05, 0) is 36.4 Å². The fourth-order valence-electron chi connectivity index (χ4n) is 2.10. The molecule has 0 saturated heterocycles. The van der Waals surface area contributed by atoms with Crippen molar-refractivity contribution in [2.24, 2.45) is 0 Å². The van der Waals surface area contributed by atoms with Crippen LogP contribution in [0.4, 0.5) is 4.39 Å². The first kappa shape index (κ1) is 17.0. The third kappa shape index (κ3) is 4.58. The normalized spacial score (nSPS) is 10.5. The lowest BCUT2D eigenvalue weighted by Gasteiger charge is -2.06. The van der Waals surface area contributed by atoms with E-state index in [-0.39, 0.29) is 19.1 Å². The van der Waals surface area contributed by atoms with Crippen molar-refractivity contribution >= 4 is 17.5 Å². The van der Waals surface area contributed by atoms with Gasteiger partial charge in [0.15, 0.2) is 12.4 Å². The molecule has 2 aromatic carbocycles. The molecule has 0 aliphatic heterocycles. The van der Waals surface area contributed by atoms with E-state index in [1.165, 1.54) is 6.07 Å². The second-order valence-electron chi connectivity index (χ2n) is 5.18. The molecule has 0 aliphatic rings. The molecule has 0 radical (unpaired) electrons. The molecule has 0 atom stereocenters. The fourth-order valence-corrected chi connectivity index (χ4v) is 2.23. The molecule has 5 nitrogen and oxygen atoms in total. The summed E-state index contributed by atoms with van der Waals surface area (Å²) in [4.78, 5) is 11.8. The minimum absolute atomic E-state index is 0.139. The van der Waals surface area contributed by atoms with Crippen LogP contribution in [0.1, 0.15) is 5.69 Å². The molecular weight excluding hydrogens is 347 g/mol. The quantitative estimate of drug-likeness (QED) is 0.725. The van der Waals surface area contributed by atoms with Crippen LogP contribution in [0.3, 0.4) is 0 Å². The Morgan fingerprint density at radius 3 is 2.72 bits per heavy atom. The van der Waals surface area contributed by atoms with Crippen LogP contribution in [0.5, 0.6) is 5.75 Å². The summed E-state index contributed by atoms with van der Waals surface area (Å²) >= 11 is 5.77. The second kappa shape index (κ2) is 7.81. The van der Waals surface area contributed by atoms with Crippen molar-refractivity contribution in [1.82, 2.24) is 10.5 Å². The lowest BCUT2D eigenvalue weighted by atomic mass is 10.1. The topological polar surface area (TPSA) is 64.4 Å². The van der Waals surface area contributed by atoms with E-state index < -0.39 is 5.82 Å². The molecule has 25 heavy (non-hydrogen) atoms. The smallest absolute Gasteiger partial charge is 0.258 e. The molecule has 7 heteroatoms. The highest BCUT2D eigenvalue weighted by Crippen LogP contribution is 2.23. The number of benzene rings is 2. The van der Waals surface area contributed by atoms with Gasteiger partial charge in [0.05, 0.1) is 12.1 Å². The van der Waals surface area contributed by atoms with Crippen molar-refractivity contribution in [3.63, 3.8) is 0 Å². The van der Waals surface area contributed by atoms with Gasteiger partial charge >= 0.3 is 0 Å². The predicted octanol–water partition coefficient (Wildman–Crippen LogP) is 3.83. The third-order valence-electron chi connectivity index (χ3n) is 3.35. The summed E-state index contributed by atoms with van der Waals surface area (Å²) in [6.07, 6.45) is 0. The van der Waals surface area contributed by atoms with Gasteiger partial charge in [-0.2, -0.15) is 0 Å². The molecule has 1 aromatic heterocycles. The van der Waals surface area contributed by atoms with Gasteiger partial charge in [-0.3, -0.25) is 4.79 Å². The monoisotopic (exact) mass is 360 g/mol. The SMILES string of the molecule is O=C(COc1ccc(Cl)cc1)NCc1cc(-c2ccccc2F)on1. The van der Waals surface area contributed by atoms with Crippen LogP contribution in [0.2, 0.25) is 5.02 Å². The van der Waals surface area contributed by atoms with Crippen molar-refractivity contribution in [1.29, 1.82) is 0 Å². The van der Waals surface area contributed by atoms with Gasteiger partial charge < -0.3 is 14.6 Å². The number of nitrogens with one attached hydrogen (secondary N) is 1. The molecule has 128 valence electrons. The summed E-state index contributed by atoms with van der Waals surface area (Å²) in [6, 6.07) is 14.5. The number of amides is 1. The summed E-state index contributed by atoms with van der Waals surface area (Å²) in [6.45, 7) is 0.0143. The number of aromatic nitrogens is 1. The fraction of sp³-hybridized carbons (Fsp3) is 0.111. The zero-order valence-electron chi connectivity index (χ0n) is 13.0. The van der Waals surface area contributed by atoms with Gasteiger partial charge in [-0.1, -0.05) is 28.9 Å². The van der Waals surface area contributed by atoms with Crippen LogP contribution in [0.25, 0.3) is 11.3 Å². The van der Waals surface area contributed by atoms with Gasteiger partial charge in [-0.15, -0.1) is 0 Å². The summed E-state index contributed by atoms with van der Waals surface area (Å²) in [5.41, 5.74) is 0.803. The average Bonchev–Trinajstić information content (AvgIpc) is 3.08. The molecule has 0 spiro atoms. The predicted molar refractivity (Wildman–Crippen MR) is 90.7 cm³/mol. The van der Waals surface area contributed by atoms with E-state index in [4.69, 9.17) is 20.9 Å². The number of hydrogen-bond donors (Lipinski definition) is 1. The van der Waals surface area contributed by atoms with Crippen molar-refractivity contribution in [2.75, 3.05) is 6.61 Å². The van der Waals surface area contributed by atoms with E-state index in [0.717, 1.165) is 0 Å². The summed E-state index contributed by atoms with van der Waals surface area (Å²) in [7, 11) is 0. The molecule has 0 unspecified atom stereocenters. The van der Waals surface area contributed by atoms with Gasteiger partial charge in [0.1, 0.15) is 17.3 Å². The lowest BCUT2D eigenvalue weighted by molar-refractivity contribution is -0.123. The summed E-state index contributed by atoms with van der Waals surface area (Å²) in [5.74, 6) is 0.138. The van der Waals surface area contributed by atoms with E-state index in [9.17, 15) is 9.18 Å². The molecule has 1 heterocycles. The number of nitrogens with zero attached hydrogens (tertiary/aromatic N) is 1. The molecule has 1 amide bonds. The highest BCUT2D eigenvalue weighted by Gasteiger charge is 2.11. The maximum Gasteiger partial charge on any atom is 0.258 e. The zero-order valence-corrected chi connectivity index (χ0v) is 13.8. The average molecular weight is 361 g/mol. The highest BCUT2D eigenvalue weighted by molar-refractivity contribution is 6.30. The van der Waals surface area contributed by atoms with Gasteiger partial charge in [0.2, 0.25) is 0 Å². The Balaban J connectivity index is 1.51. The summed E-state index contributed by atoms with van der Waals surface area (Å²) in [5, 5.41) is 7.07. The first-order valence-electron chi connectivity index (χ1n) is 7.47. The first-order chi connectivity index (χ1) is 12.1. The molecule has 0 aliphatic carbocycles. The Bertz CT molecular complexity index is 865. The zero-order chi connectivity index (χ0) is 17.6. The van der Waals surface area contributed by atoms with E-state index in [1.54, 1.807) is 48.5 Å². The Morgan fingerprint density at radius 2 is 1.96 bits per heavy atom. The molecule has 0 fully saturated rings. The van der Waals surface area contributed by atoms with Gasteiger partial charge in [0.25, 0.3) is 5.91 Å². The maximum atomic E-state index is 13.7. The molecule has 3 aromatic rings. The number of ether oxygens (including phenoxy) is 1. The Kier molecular flexibility index (Phi) is 5.30. The second-order valence-corrected chi connectivity index (χ2v) is 5.62. The molecule has 1 N–H and O–H groups in total. The van der Waals surface area contributed by atoms with Gasteiger partial charge in [0, 0.05) is 11.1 Å². The van der Waals surface area contributed by atoms with Crippen LogP contribution in [-0.2, 0) is 11.3 Å². The highest BCUT2D eigenvalue weighted by atomic mass is 35.5. The maximum absolute atomic E-state index is 13.7. The van der Waals surface area contributed by atoms with Crippen LogP contribution < -0.4 is 10.1 Å². The number of hydrogen-bond acceptors (Lipinski definition) is 4. The van der Waals surface area contributed by atoms with Crippen LogP contribution in [-0.4, -0.2) is 17.7 Å². The summed E-state index contributed by atoms with van der Waals surface area (Å²) < 4.78 is 24.2. The molecule has 3 rings (SSSR count). The van der Waals surface area contributed by atoms with Gasteiger partial charge in [-0.25, -0.2) is 4.39 Å². The molecular formula is C18H14ClFN2O3. The van der Waals surface area contributed by atoms with Crippen molar-refractivity contribution < 1.29 is 18.4 Å². The molecule has 0 saturated carbocycles. The van der Waals surface area contributed by atoms with Crippen molar-refractivity contribution in [2.45, 2.75) is 6.54 Å². The Morgan fingerprint density at radius 1 is 1.20 bits per heavy atom. The minimum Gasteiger partial charge on any atom is -0.484 e. The number of carbonyl (C=O) groups is 1. The number of halogens is 2. The van der Waals surface area contributed by atoms with Crippen LogP contribution >= 0.6 is 11.6 Å². The van der Waals surface area contributed by atoms with Crippen molar-refractivity contribution in [3.05, 3.63) is 71.1 Å². The van der Waals surface area contributed by atoms with Crippen LogP contribution in [0.15, 0.2) is 59.1 Å². The van der Waals surface area contributed by atoms with E-state index >= 15 is 0 Å².